The average Bonchev–Trinajstić information content (AvgIpc) is 2.76. The molecule has 3 aromatic carbocycles. The van der Waals surface area contributed by atoms with Crippen LogP contribution in [0.5, 0.6) is 5.75 Å². The van der Waals surface area contributed by atoms with Crippen molar-refractivity contribution in [2.75, 3.05) is 11.9 Å². The van der Waals surface area contributed by atoms with E-state index in [0.717, 1.165) is 27.5 Å². The van der Waals surface area contributed by atoms with Gasteiger partial charge in [-0.05, 0) is 55.8 Å². The Labute approximate surface area is 174 Å². The first-order valence-corrected chi connectivity index (χ1v) is 10.2. The SMILES string of the molecule is CCOc1ccccc1C(=O)NN=C(C)c1ccc2c(c1)Nc1ccccc1S2. The van der Waals surface area contributed by atoms with E-state index in [-0.39, 0.29) is 5.91 Å². The summed E-state index contributed by atoms with van der Waals surface area (Å²) in [5, 5.41) is 7.76. The van der Waals surface area contributed by atoms with E-state index in [1.807, 2.05) is 38.1 Å². The molecule has 0 atom stereocenters. The molecule has 1 heterocycles. The third kappa shape index (κ3) is 4.12. The van der Waals surface area contributed by atoms with Gasteiger partial charge in [0, 0.05) is 9.79 Å². The van der Waals surface area contributed by atoms with Crippen LogP contribution in [-0.4, -0.2) is 18.2 Å². The van der Waals surface area contributed by atoms with Crippen LogP contribution >= 0.6 is 11.8 Å². The zero-order chi connectivity index (χ0) is 20.2. The molecule has 0 spiro atoms. The molecule has 0 aromatic heterocycles. The summed E-state index contributed by atoms with van der Waals surface area (Å²) in [4.78, 5) is 14.9. The molecule has 0 fully saturated rings. The maximum Gasteiger partial charge on any atom is 0.275 e. The number of para-hydroxylation sites is 2. The largest absolute Gasteiger partial charge is 0.493 e. The Bertz CT molecular complexity index is 1090. The molecule has 3 aromatic rings. The maximum absolute atomic E-state index is 12.5. The van der Waals surface area contributed by atoms with Gasteiger partial charge in [0.2, 0.25) is 0 Å². The molecule has 0 radical (unpaired) electrons. The summed E-state index contributed by atoms with van der Waals surface area (Å²) in [6, 6.07) is 21.5. The van der Waals surface area contributed by atoms with Crippen LogP contribution in [0.15, 0.2) is 81.6 Å². The number of rotatable bonds is 5. The molecular formula is C23H21N3O2S. The van der Waals surface area contributed by atoms with Crippen molar-refractivity contribution >= 4 is 34.8 Å². The van der Waals surface area contributed by atoms with Crippen LogP contribution in [0.3, 0.4) is 0 Å². The lowest BCUT2D eigenvalue weighted by molar-refractivity contribution is 0.0951. The van der Waals surface area contributed by atoms with Gasteiger partial charge in [0.15, 0.2) is 0 Å². The van der Waals surface area contributed by atoms with E-state index < -0.39 is 0 Å². The Balaban J connectivity index is 1.51. The van der Waals surface area contributed by atoms with E-state index in [1.54, 1.807) is 30.0 Å². The number of carbonyl (C=O) groups excluding carboxylic acids is 1. The highest BCUT2D eigenvalue weighted by Gasteiger charge is 2.16. The van der Waals surface area contributed by atoms with Crippen LogP contribution in [0.2, 0.25) is 0 Å². The molecule has 0 aliphatic carbocycles. The van der Waals surface area contributed by atoms with Crippen molar-refractivity contribution in [1.82, 2.24) is 5.43 Å². The van der Waals surface area contributed by atoms with Crippen molar-refractivity contribution in [2.24, 2.45) is 5.10 Å². The fourth-order valence-electron chi connectivity index (χ4n) is 3.06. The van der Waals surface area contributed by atoms with E-state index >= 15 is 0 Å². The Hall–Kier alpha value is -3.25. The van der Waals surface area contributed by atoms with Gasteiger partial charge in [0.05, 0.1) is 29.3 Å². The third-order valence-corrected chi connectivity index (χ3v) is 5.68. The monoisotopic (exact) mass is 403 g/mol. The quantitative estimate of drug-likeness (QED) is 0.344. The number of hydrogen-bond donors (Lipinski definition) is 2. The van der Waals surface area contributed by atoms with Crippen molar-refractivity contribution in [3.05, 3.63) is 77.9 Å². The number of hydrazone groups is 1. The standard InChI is InChI=1S/C23H21N3O2S/c1-3-28-20-10-6-4-8-17(20)23(27)26-25-15(2)16-12-13-22-19(14-16)24-18-9-5-7-11-21(18)29-22/h4-14,24H,3H2,1-2H3,(H,26,27). The van der Waals surface area contributed by atoms with Crippen molar-refractivity contribution in [3.63, 3.8) is 0 Å². The Morgan fingerprint density at radius 3 is 2.66 bits per heavy atom. The Morgan fingerprint density at radius 2 is 1.79 bits per heavy atom. The summed E-state index contributed by atoms with van der Waals surface area (Å²) >= 11 is 1.74. The topological polar surface area (TPSA) is 62.7 Å². The highest BCUT2D eigenvalue weighted by atomic mass is 32.2. The smallest absolute Gasteiger partial charge is 0.275 e. The first-order chi connectivity index (χ1) is 14.2. The number of fused-ring (bicyclic) bond motifs is 2. The average molecular weight is 404 g/mol. The predicted octanol–water partition coefficient (Wildman–Crippen LogP) is 5.45. The molecule has 146 valence electrons. The van der Waals surface area contributed by atoms with Crippen LogP contribution in [0.4, 0.5) is 11.4 Å². The molecule has 29 heavy (non-hydrogen) atoms. The maximum atomic E-state index is 12.5. The van der Waals surface area contributed by atoms with Crippen molar-refractivity contribution in [2.45, 2.75) is 23.6 Å². The number of ether oxygens (including phenoxy) is 1. The molecule has 6 heteroatoms. The number of nitrogens with one attached hydrogen (secondary N) is 2. The summed E-state index contributed by atoms with van der Waals surface area (Å²) < 4.78 is 5.52. The lowest BCUT2D eigenvalue weighted by Gasteiger charge is -2.21. The number of benzene rings is 3. The first kappa shape index (κ1) is 19.1. The van der Waals surface area contributed by atoms with Gasteiger partial charge in [-0.2, -0.15) is 5.10 Å². The number of anilines is 2. The first-order valence-electron chi connectivity index (χ1n) is 9.40. The van der Waals surface area contributed by atoms with Crippen LogP contribution in [-0.2, 0) is 0 Å². The second-order valence-corrected chi connectivity index (χ2v) is 7.59. The summed E-state index contributed by atoms with van der Waals surface area (Å²) in [5.41, 5.74) is 6.89. The minimum absolute atomic E-state index is 0.297. The Morgan fingerprint density at radius 1 is 1.03 bits per heavy atom. The molecular weight excluding hydrogens is 382 g/mol. The van der Waals surface area contributed by atoms with Gasteiger partial charge in [-0.25, -0.2) is 5.43 Å². The molecule has 2 N–H and O–H groups in total. The van der Waals surface area contributed by atoms with Crippen LogP contribution in [0.25, 0.3) is 0 Å². The fraction of sp³-hybridized carbons (Fsp3) is 0.130. The van der Waals surface area contributed by atoms with Crippen LogP contribution in [0.1, 0.15) is 29.8 Å². The van der Waals surface area contributed by atoms with E-state index in [9.17, 15) is 4.79 Å². The minimum Gasteiger partial charge on any atom is -0.493 e. The molecule has 0 saturated carbocycles. The van der Waals surface area contributed by atoms with Crippen molar-refractivity contribution in [1.29, 1.82) is 0 Å². The third-order valence-electron chi connectivity index (χ3n) is 4.53. The lowest BCUT2D eigenvalue weighted by atomic mass is 10.1. The number of amides is 1. The second kappa shape index (κ2) is 8.41. The zero-order valence-corrected chi connectivity index (χ0v) is 17.0. The van der Waals surface area contributed by atoms with Crippen molar-refractivity contribution < 1.29 is 9.53 Å². The second-order valence-electron chi connectivity index (χ2n) is 6.50. The molecule has 5 nitrogen and oxygen atoms in total. The minimum atomic E-state index is -0.297. The summed E-state index contributed by atoms with van der Waals surface area (Å²) in [6.45, 7) is 4.26. The Kier molecular flexibility index (Phi) is 5.53. The molecule has 1 aliphatic rings. The number of carbonyl (C=O) groups is 1. The highest BCUT2D eigenvalue weighted by molar-refractivity contribution is 7.99. The van der Waals surface area contributed by atoms with Crippen LogP contribution < -0.4 is 15.5 Å². The van der Waals surface area contributed by atoms with E-state index in [2.05, 4.69) is 40.1 Å². The van der Waals surface area contributed by atoms with Gasteiger partial charge >= 0.3 is 0 Å². The van der Waals surface area contributed by atoms with Gasteiger partial charge in [-0.3, -0.25) is 4.79 Å². The lowest BCUT2D eigenvalue weighted by Crippen LogP contribution is -2.20. The molecule has 0 unspecified atom stereocenters. The van der Waals surface area contributed by atoms with Gasteiger partial charge < -0.3 is 10.1 Å². The van der Waals surface area contributed by atoms with Gasteiger partial charge in [0.25, 0.3) is 5.91 Å². The predicted molar refractivity (Wildman–Crippen MR) is 118 cm³/mol. The van der Waals surface area contributed by atoms with E-state index in [1.165, 1.54) is 4.90 Å². The van der Waals surface area contributed by atoms with E-state index in [0.29, 0.717) is 17.9 Å². The summed E-state index contributed by atoms with van der Waals surface area (Å²) in [6.07, 6.45) is 0. The fourth-order valence-corrected chi connectivity index (χ4v) is 4.03. The normalized spacial score (nSPS) is 12.4. The molecule has 1 aliphatic heterocycles. The zero-order valence-electron chi connectivity index (χ0n) is 16.2. The van der Waals surface area contributed by atoms with Gasteiger partial charge in [-0.15, -0.1) is 0 Å². The number of nitrogens with zero attached hydrogens (tertiary/aromatic N) is 1. The van der Waals surface area contributed by atoms with E-state index in [4.69, 9.17) is 4.74 Å². The molecule has 0 saturated heterocycles. The van der Waals surface area contributed by atoms with Gasteiger partial charge in [-0.1, -0.05) is 42.1 Å². The van der Waals surface area contributed by atoms with Crippen LogP contribution in [0, 0.1) is 0 Å². The molecule has 1 amide bonds. The molecule has 4 rings (SSSR count). The molecule has 0 bridgehead atoms. The van der Waals surface area contributed by atoms with Crippen molar-refractivity contribution in [3.8, 4) is 5.75 Å². The number of hydrogen-bond acceptors (Lipinski definition) is 5. The summed E-state index contributed by atoms with van der Waals surface area (Å²) in [5.74, 6) is 0.253. The summed E-state index contributed by atoms with van der Waals surface area (Å²) in [7, 11) is 0. The van der Waals surface area contributed by atoms with Gasteiger partial charge in [0.1, 0.15) is 5.75 Å². The highest BCUT2D eigenvalue weighted by Crippen LogP contribution is 2.44.